The Morgan fingerprint density at radius 3 is 2.45 bits per heavy atom. The number of hydrogen-bond acceptors (Lipinski definition) is 2. The zero-order valence-corrected chi connectivity index (χ0v) is 13.7. The fourth-order valence-electron chi connectivity index (χ4n) is 3.84. The maximum atomic E-state index is 12.6. The van der Waals surface area contributed by atoms with Gasteiger partial charge in [0.25, 0.3) is 0 Å². The number of halogens is 1. The first kappa shape index (κ1) is 17.8. The molecule has 118 valence electrons. The summed E-state index contributed by atoms with van der Waals surface area (Å²) in [4.78, 5) is 14.7. The van der Waals surface area contributed by atoms with E-state index in [1.807, 2.05) is 0 Å². The van der Waals surface area contributed by atoms with Crippen molar-refractivity contribution < 1.29 is 4.79 Å². The summed E-state index contributed by atoms with van der Waals surface area (Å²) >= 11 is 0. The summed E-state index contributed by atoms with van der Waals surface area (Å²) in [5, 5.41) is 0. The Morgan fingerprint density at radius 1 is 1.15 bits per heavy atom. The van der Waals surface area contributed by atoms with Gasteiger partial charge in [-0.15, -0.1) is 12.4 Å². The first-order valence-corrected chi connectivity index (χ1v) is 8.23. The summed E-state index contributed by atoms with van der Waals surface area (Å²) in [6, 6.07) is 0.301. The van der Waals surface area contributed by atoms with E-state index in [4.69, 9.17) is 5.73 Å². The van der Waals surface area contributed by atoms with Gasteiger partial charge < -0.3 is 10.6 Å². The standard InChI is InChI=1S/C16H30N2O.ClH/c1-13(11-14-7-3-2-4-8-14)16(19)18-10-6-5-9-15(18)12-17;/h13-15H,2-12,17H2,1H3;1H. The number of amides is 1. The molecule has 3 nitrogen and oxygen atoms in total. The lowest BCUT2D eigenvalue weighted by Crippen LogP contribution is -2.49. The third-order valence-electron chi connectivity index (χ3n) is 5.02. The van der Waals surface area contributed by atoms with Crippen LogP contribution in [0.15, 0.2) is 0 Å². The second kappa shape index (κ2) is 8.89. The van der Waals surface area contributed by atoms with Gasteiger partial charge in [0.15, 0.2) is 0 Å². The molecule has 0 spiro atoms. The SMILES string of the molecule is CC(CC1CCCCC1)C(=O)N1CCCCC1CN.Cl. The molecule has 0 radical (unpaired) electrons. The highest BCUT2D eigenvalue weighted by molar-refractivity contribution is 5.85. The molecule has 1 aliphatic carbocycles. The Balaban J connectivity index is 0.00000200. The van der Waals surface area contributed by atoms with E-state index in [2.05, 4.69) is 11.8 Å². The third kappa shape index (κ3) is 4.63. The van der Waals surface area contributed by atoms with Crippen LogP contribution in [0.3, 0.4) is 0 Å². The molecule has 2 fully saturated rings. The van der Waals surface area contributed by atoms with Gasteiger partial charge >= 0.3 is 0 Å². The number of carbonyl (C=O) groups is 1. The average Bonchev–Trinajstić information content (AvgIpc) is 2.47. The van der Waals surface area contributed by atoms with Crippen LogP contribution in [-0.4, -0.2) is 29.9 Å². The minimum absolute atomic E-state index is 0. The summed E-state index contributed by atoms with van der Waals surface area (Å²) in [6.45, 7) is 3.68. The van der Waals surface area contributed by atoms with Crippen molar-refractivity contribution >= 4 is 18.3 Å². The molecule has 0 aromatic heterocycles. The first-order valence-electron chi connectivity index (χ1n) is 8.23. The largest absolute Gasteiger partial charge is 0.338 e. The Bertz CT molecular complexity index is 292. The van der Waals surface area contributed by atoms with Crippen molar-refractivity contribution in [3.8, 4) is 0 Å². The summed E-state index contributed by atoms with van der Waals surface area (Å²) in [6.07, 6.45) is 11.3. The molecular formula is C16H31ClN2O. The maximum absolute atomic E-state index is 12.6. The Kier molecular flexibility index (Phi) is 7.90. The number of piperidine rings is 1. The Labute approximate surface area is 130 Å². The van der Waals surface area contributed by atoms with Crippen LogP contribution in [0.2, 0.25) is 0 Å². The van der Waals surface area contributed by atoms with Crippen molar-refractivity contribution in [3.63, 3.8) is 0 Å². The predicted molar refractivity (Wildman–Crippen MR) is 86.0 cm³/mol. The lowest BCUT2D eigenvalue weighted by atomic mass is 9.82. The fraction of sp³-hybridized carbons (Fsp3) is 0.938. The van der Waals surface area contributed by atoms with Crippen LogP contribution >= 0.6 is 12.4 Å². The van der Waals surface area contributed by atoms with Crippen molar-refractivity contribution in [3.05, 3.63) is 0 Å². The maximum Gasteiger partial charge on any atom is 0.225 e. The molecule has 1 saturated carbocycles. The molecule has 2 N–H and O–H groups in total. The highest BCUT2D eigenvalue weighted by atomic mass is 35.5. The number of likely N-dealkylation sites (tertiary alicyclic amines) is 1. The molecule has 0 aromatic carbocycles. The lowest BCUT2D eigenvalue weighted by Gasteiger charge is -2.37. The Hall–Kier alpha value is -0.280. The van der Waals surface area contributed by atoms with E-state index in [1.165, 1.54) is 38.5 Å². The molecule has 1 heterocycles. The van der Waals surface area contributed by atoms with Gasteiger partial charge in [-0.2, -0.15) is 0 Å². The minimum Gasteiger partial charge on any atom is -0.338 e. The van der Waals surface area contributed by atoms with Gasteiger partial charge in [-0.05, 0) is 31.6 Å². The van der Waals surface area contributed by atoms with Gasteiger partial charge in [0, 0.05) is 25.0 Å². The van der Waals surface area contributed by atoms with Crippen LogP contribution in [-0.2, 0) is 4.79 Å². The minimum atomic E-state index is 0. The molecule has 2 atom stereocenters. The number of hydrogen-bond donors (Lipinski definition) is 1. The van der Waals surface area contributed by atoms with Gasteiger partial charge in [0.2, 0.25) is 5.91 Å². The van der Waals surface area contributed by atoms with E-state index in [9.17, 15) is 4.79 Å². The predicted octanol–water partition coefficient (Wildman–Crippen LogP) is 3.35. The van der Waals surface area contributed by atoms with Gasteiger partial charge in [0.05, 0.1) is 0 Å². The van der Waals surface area contributed by atoms with Crippen molar-refractivity contribution in [1.82, 2.24) is 4.90 Å². The molecule has 2 rings (SSSR count). The van der Waals surface area contributed by atoms with Crippen LogP contribution < -0.4 is 5.73 Å². The molecule has 0 bridgehead atoms. The third-order valence-corrected chi connectivity index (χ3v) is 5.02. The number of rotatable bonds is 4. The Morgan fingerprint density at radius 2 is 1.80 bits per heavy atom. The van der Waals surface area contributed by atoms with E-state index < -0.39 is 0 Å². The normalized spacial score (nSPS) is 25.9. The first-order chi connectivity index (χ1) is 9.22. The highest BCUT2D eigenvalue weighted by Gasteiger charge is 2.30. The van der Waals surface area contributed by atoms with Gasteiger partial charge in [0.1, 0.15) is 0 Å². The quantitative estimate of drug-likeness (QED) is 0.865. The van der Waals surface area contributed by atoms with Crippen LogP contribution in [0.25, 0.3) is 0 Å². The molecule has 4 heteroatoms. The average molecular weight is 303 g/mol. The number of nitrogens with zero attached hydrogens (tertiary/aromatic N) is 1. The topological polar surface area (TPSA) is 46.3 Å². The van der Waals surface area contributed by atoms with E-state index in [0.717, 1.165) is 31.7 Å². The van der Waals surface area contributed by atoms with Crippen LogP contribution in [0.5, 0.6) is 0 Å². The molecule has 20 heavy (non-hydrogen) atoms. The summed E-state index contributed by atoms with van der Waals surface area (Å²) in [5.74, 6) is 1.34. The van der Waals surface area contributed by atoms with Crippen molar-refractivity contribution in [2.75, 3.05) is 13.1 Å². The zero-order chi connectivity index (χ0) is 13.7. The van der Waals surface area contributed by atoms with Crippen molar-refractivity contribution in [2.24, 2.45) is 17.6 Å². The van der Waals surface area contributed by atoms with Gasteiger partial charge in [-0.1, -0.05) is 39.0 Å². The molecule has 1 saturated heterocycles. The van der Waals surface area contributed by atoms with E-state index in [-0.39, 0.29) is 18.3 Å². The zero-order valence-electron chi connectivity index (χ0n) is 12.9. The van der Waals surface area contributed by atoms with Gasteiger partial charge in [-0.3, -0.25) is 4.79 Å². The van der Waals surface area contributed by atoms with Gasteiger partial charge in [-0.25, -0.2) is 0 Å². The summed E-state index contributed by atoms with van der Waals surface area (Å²) in [5.41, 5.74) is 5.82. The summed E-state index contributed by atoms with van der Waals surface area (Å²) in [7, 11) is 0. The lowest BCUT2D eigenvalue weighted by molar-refractivity contribution is -0.139. The second-order valence-corrected chi connectivity index (χ2v) is 6.56. The number of carbonyl (C=O) groups excluding carboxylic acids is 1. The fourth-order valence-corrected chi connectivity index (χ4v) is 3.84. The number of nitrogens with two attached hydrogens (primary N) is 1. The monoisotopic (exact) mass is 302 g/mol. The molecular weight excluding hydrogens is 272 g/mol. The molecule has 1 aliphatic heterocycles. The highest BCUT2D eigenvalue weighted by Crippen LogP contribution is 2.30. The van der Waals surface area contributed by atoms with Crippen LogP contribution in [0.1, 0.15) is 64.7 Å². The van der Waals surface area contributed by atoms with E-state index in [1.54, 1.807) is 0 Å². The smallest absolute Gasteiger partial charge is 0.225 e. The van der Waals surface area contributed by atoms with Crippen LogP contribution in [0, 0.1) is 11.8 Å². The molecule has 0 aromatic rings. The second-order valence-electron chi connectivity index (χ2n) is 6.56. The van der Waals surface area contributed by atoms with E-state index in [0.29, 0.717) is 18.5 Å². The summed E-state index contributed by atoms with van der Waals surface area (Å²) < 4.78 is 0. The van der Waals surface area contributed by atoms with Crippen molar-refractivity contribution in [1.29, 1.82) is 0 Å². The molecule has 2 unspecified atom stereocenters. The molecule has 1 amide bonds. The van der Waals surface area contributed by atoms with Crippen molar-refractivity contribution in [2.45, 2.75) is 70.8 Å². The molecule has 2 aliphatic rings. The van der Waals surface area contributed by atoms with Crippen LogP contribution in [0.4, 0.5) is 0 Å². The van der Waals surface area contributed by atoms with E-state index >= 15 is 0 Å².